The minimum atomic E-state index is -4.76. The third kappa shape index (κ3) is 6.79. The molecule has 2 heterocycles. The normalized spacial score (nSPS) is 17.6. The number of alkyl halides is 3. The Morgan fingerprint density at radius 1 is 1.09 bits per heavy atom. The lowest BCUT2D eigenvalue weighted by Gasteiger charge is -2.36. The molecule has 5 rings (SSSR count). The van der Waals surface area contributed by atoms with Crippen LogP contribution >= 0.6 is 11.6 Å². The van der Waals surface area contributed by atoms with Crippen molar-refractivity contribution in [2.45, 2.75) is 24.1 Å². The SMILES string of the molecule is C/C(=C\c1ccc2c(c1)N(S(=O)(=O)c1cccc(C(F)(F)F)c1)C[C@H](CNC(=O)N1CCOCC1)O2)c1c(F)cccc1Cl. The summed E-state index contributed by atoms with van der Waals surface area (Å²) in [6.07, 6.45) is -4.02. The molecule has 0 unspecified atom stereocenters. The predicted molar refractivity (Wildman–Crippen MR) is 158 cm³/mol. The minimum absolute atomic E-state index is 0.0688. The summed E-state index contributed by atoms with van der Waals surface area (Å²) in [6.45, 7) is 2.84. The summed E-state index contributed by atoms with van der Waals surface area (Å²) in [5, 5.41) is 2.93. The molecular formula is C30H28ClF4N3O5S. The van der Waals surface area contributed by atoms with Crippen LogP contribution in [-0.4, -0.2) is 64.8 Å². The van der Waals surface area contributed by atoms with Crippen molar-refractivity contribution >= 4 is 45.0 Å². The molecule has 0 spiro atoms. The highest BCUT2D eigenvalue weighted by atomic mass is 35.5. The molecule has 2 amide bonds. The maximum Gasteiger partial charge on any atom is 0.416 e. The Labute approximate surface area is 256 Å². The number of carbonyl (C=O) groups is 1. The molecule has 1 saturated heterocycles. The van der Waals surface area contributed by atoms with Crippen LogP contribution in [0.1, 0.15) is 23.6 Å². The van der Waals surface area contributed by atoms with Crippen LogP contribution in [0.15, 0.2) is 65.6 Å². The Kier molecular flexibility index (Phi) is 9.10. The van der Waals surface area contributed by atoms with Crippen LogP contribution in [0.25, 0.3) is 11.6 Å². The number of ether oxygens (including phenoxy) is 2. The number of hydrogen-bond donors (Lipinski definition) is 1. The van der Waals surface area contributed by atoms with E-state index in [1.54, 1.807) is 30.0 Å². The first-order valence-corrected chi connectivity index (χ1v) is 15.4. The van der Waals surface area contributed by atoms with Crippen LogP contribution in [0.4, 0.5) is 28.0 Å². The highest BCUT2D eigenvalue weighted by Gasteiger charge is 2.37. The monoisotopic (exact) mass is 653 g/mol. The fraction of sp³-hybridized carbons (Fsp3) is 0.300. The molecule has 8 nitrogen and oxygen atoms in total. The Bertz CT molecular complexity index is 1670. The molecule has 1 atom stereocenters. The van der Waals surface area contributed by atoms with E-state index < -0.39 is 38.6 Å². The van der Waals surface area contributed by atoms with E-state index in [0.717, 1.165) is 22.5 Å². The first-order chi connectivity index (χ1) is 20.8. The number of hydrogen-bond acceptors (Lipinski definition) is 5. The van der Waals surface area contributed by atoms with Crippen LogP contribution in [0.3, 0.4) is 0 Å². The van der Waals surface area contributed by atoms with Crippen LogP contribution in [0.5, 0.6) is 5.75 Å². The van der Waals surface area contributed by atoms with Crippen molar-refractivity contribution in [2.24, 2.45) is 0 Å². The maximum absolute atomic E-state index is 14.5. The highest BCUT2D eigenvalue weighted by molar-refractivity contribution is 7.92. The van der Waals surface area contributed by atoms with E-state index in [9.17, 15) is 30.8 Å². The molecule has 0 aliphatic carbocycles. The zero-order valence-corrected chi connectivity index (χ0v) is 25.0. The summed E-state index contributed by atoms with van der Waals surface area (Å²) in [4.78, 5) is 13.6. The summed E-state index contributed by atoms with van der Waals surface area (Å²) >= 11 is 6.21. The van der Waals surface area contributed by atoms with Crippen molar-refractivity contribution in [3.8, 4) is 5.75 Å². The largest absolute Gasteiger partial charge is 0.484 e. The fourth-order valence-electron chi connectivity index (χ4n) is 4.99. The number of urea groups is 1. The van der Waals surface area contributed by atoms with Crippen LogP contribution in [0.2, 0.25) is 5.02 Å². The first-order valence-electron chi connectivity index (χ1n) is 13.6. The van der Waals surface area contributed by atoms with Gasteiger partial charge in [-0.1, -0.05) is 35.9 Å². The lowest BCUT2D eigenvalue weighted by atomic mass is 10.0. The number of carbonyl (C=O) groups excluding carboxylic acids is 1. The number of nitrogens with zero attached hydrogens (tertiary/aromatic N) is 2. The molecule has 3 aromatic rings. The van der Waals surface area contributed by atoms with E-state index in [-0.39, 0.29) is 41.1 Å². The topological polar surface area (TPSA) is 88.2 Å². The zero-order chi connectivity index (χ0) is 31.6. The number of anilines is 1. The fourth-order valence-corrected chi connectivity index (χ4v) is 6.85. The summed E-state index contributed by atoms with van der Waals surface area (Å²) in [5.74, 6) is -0.403. The molecule has 3 aromatic carbocycles. The molecule has 0 radical (unpaired) electrons. The number of sulfonamides is 1. The van der Waals surface area contributed by atoms with E-state index in [0.29, 0.717) is 43.5 Å². The number of halogens is 5. The summed E-state index contributed by atoms with van der Waals surface area (Å²) in [7, 11) is -4.55. The predicted octanol–water partition coefficient (Wildman–Crippen LogP) is 6.06. The van der Waals surface area contributed by atoms with Gasteiger partial charge in [-0.15, -0.1) is 0 Å². The van der Waals surface area contributed by atoms with Crippen LogP contribution in [0, 0.1) is 5.82 Å². The molecule has 2 aliphatic rings. The van der Waals surface area contributed by atoms with Crippen molar-refractivity contribution < 1.29 is 40.2 Å². The number of nitrogens with one attached hydrogen (secondary N) is 1. The smallest absolute Gasteiger partial charge is 0.416 e. The number of morpholine rings is 1. The third-order valence-corrected chi connectivity index (χ3v) is 9.27. The van der Waals surface area contributed by atoms with Gasteiger partial charge in [-0.25, -0.2) is 17.6 Å². The summed E-state index contributed by atoms with van der Waals surface area (Å²) in [6, 6.07) is 12.0. The average molecular weight is 654 g/mol. The van der Waals surface area contributed by atoms with E-state index >= 15 is 0 Å². The molecule has 0 aromatic heterocycles. The molecule has 1 fully saturated rings. The number of allylic oxidation sites excluding steroid dienone is 1. The Morgan fingerprint density at radius 3 is 2.52 bits per heavy atom. The van der Waals surface area contributed by atoms with Crippen LogP contribution in [-0.2, 0) is 20.9 Å². The van der Waals surface area contributed by atoms with E-state index in [1.807, 2.05) is 0 Å². The number of amides is 2. The van der Waals surface area contributed by atoms with Gasteiger partial charge in [0.2, 0.25) is 0 Å². The second kappa shape index (κ2) is 12.7. The van der Waals surface area contributed by atoms with Crippen molar-refractivity contribution in [1.29, 1.82) is 0 Å². The molecule has 2 aliphatic heterocycles. The van der Waals surface area contributed by atoms with Crippen molar-refractivity contribution in [3.05, 3.63) is 88.2 Å². The minimum Gasteiger partial charge on any atom is -0.484 e. The Hall–Kier alpha value is -3.81. The first kappa shape index (κ1) is 31.6. The number of benzene rings is 3. The van der Waals surface area contributed by atoms with Gasteiger partial charge >= 0.3 is 12.2 Å². The standard InChI is InChI=1S/C30H28ClF4N3O5S/c1-19(28-24(31)6-3-7-25(28)32)14-20-8-9-27-26(15-20)38(44(40,41)23-5-2-4-21(16-23)30(33,34)35)18-22(43-27)17-36-29(39)37-10-12-42-13-11-37/h2-9,14-16,22H,10-13,17-18H2,1H3,(H,36,39)/b19-14+/t22-/m0/s1. The third-order valence-electron chi connectivity index (χ3n) is 7.18. The van der Waals surface area contributed by atoms with Gasteiger partial charge < -0.3 is 19.7 Å². The molecular weight excluding hydrogens is 626 g/mol. The van der Waals surface area contributed by atoms with Gasteiger partial charge in [0.1, 0.15) is 17.7 Å². The highest BCUT2D eigenvalue weighted by Crippen LogP contribution is 2.40. The number of rotatable bonds is 6. The van der Waals surface area contributed by atoms with Gasteiger partial charge in [0, 0.05) is 18.7 Å². The molecule has 0 bridgehead atoms. The van der Waals surface area contributed by atoms with E-state index in [2.05, 4.69) is 5.32 Å². The second-order valence-corrected chi connectivity index (χ2v) is 12.5. The van der Waals surface area contributed by atoms with Crippen molar-refractivity contribution in [3.63, 3.8) is 0 Å². The van der Waals surface area contributed by atoms with Crippen molar-refractivity contribution in [2.75, 3.05) is 43.7 Å². The van der Waals surface area contributed by atoms with E-state index in [4.69, 9.17) is 21.1 Å². The second-order valence-electron chi connectivity index (χ2n) is 10.2. The van der Waals surface area contributed by atoms with Gasteiger partial charge in [0.25, 0.3) is 10.0 Å². The summed E-state index contributed by atoms with van der Waals surface area (Å²) < 4.78 is 95.1. The quantitative estimate of drug-likeness (QED) is 0.258. The average Bonchev–Trinajstić information content (AvgIpc) is 2.99. The molecule has 14 heteroatoms. The Balaban J connectivity index is 1.50. The lowest BCUT2D eigenvalue weighted by molar-refractivity contribution is -0.137. The lowest BCUT2D eigenvalue weighted by Crippen LogP contribution is -2.52. The number of fused-ring (bicyclic) bond motifs is 1. The molecule has 234 valence electrons. The van der Waals surface area contributed by atoms with Crippen LogP contribution < -0.4 is 14.4 Å². The van der Waals surface area contributed by atoms with E-state index in [1.165, 1.54) is 24.3 Å². The van der Waals surface area contributed by atoms with Gasteiger partial charge in [-0.05, 0) is 60.5 Å². The Morgan fingerprint density at radius 2 is 1.82 bits per heavy atom. The van der Waals surface area contributed by atoms with Gasteiger partial charge in [-0.2, -0.15) is 13.2 Å². The van der Waals surface area contributed by atoms with Gasteiger partial charge in [-0.3, -0.25) is 4.31 Å². The van der Waals surface area contributed by atoms with Gasteiger partial charge in [0.15, 0.2) is 0 Å². The molecule has 1 N–H and O–H groups in total. The van der Waals surface area contributed by atoms with Gasteiger partial charge in [0.05, 0.1) is 47.5 Å². The molecule has 0 saturated carbocycles. The summed E-state index contributed by atoms with van der Waals surface area (Å²) in [5.41, 5.74) is 0.0516. The maximum atomic E-state index is 14.5. The molecule has 44 heavy (non-hydrogen) atoms. The zero-order valence-electron chi connectivity index (χ0n) is 23.4. The van der Waals surface area contributed by atoms with Crippen molar-refractivity contribution in [1.82, 2.24) is 10.2 Å².